The summed E-state index contributed by atoms with van der Waals surface area (Å²) < 4.78 is 6.44. The van der Waals surface area contributed by atoms with Crippen molar-refractivity contribution in [3.8, 4) is 5.75 Å². The molecule has 4 aromatic carbocycles. The molecule has 0 spiro atoms. The van der Waals surface area contributed by atoms with Crippen LogP contribution in [0, 0.1) is 0 Å². The monoisotopic (exact) mass is 643 g/mol. The maximum absolute atomic E-state index is 13.3. The Labute approximate surface area is 257 Å². The number of benzene rings is 4. The van der Waals surface area contributed by atoms with Crippen LogP contribution in [0.4, 0.5) is 11.4 Å². The standard InChI is InChI=1S/C33H30BrN3O4S/c1-3-41-30-15-8-7-14-28(30)36-31(38)22(2)42-27-18-16-26(17-19-27)35-33(40)29(21-23-10-9-13-25(34)20-23)37-32(39)24-11-5-4-6-12-24/h4-22H,3H2,1-2H3,(H,35,40)(H,36,38)(H,37,39)/b29-21-. The van der Waals surface area contributed by atoms with Crippen LogP contribution >= 0.6 is 27.7 Å². The molecule has 3 N–H and O–H groups in total. The Hall–Kier alpha value is -4.34. The average molecular weight is 645 g/mol. The minimum absolute atomic E-state index is 0.0954. The number of hydrogen-bond acceptors (Lipinski definition) is 5. The molecule has 0 radical (unpaired) electrons. The number of anilines is 2. The van der Waals surface area contributed by atoms with Crippen molar-refractivity contribution < 1.29 is 19.1 Å². The summed E-state index contributed by atoms with van der Waals surface area (Å²) >= 11 is 4.83. The molecule has 1 atom stereocenters. The van der Waals surface area contributed by atoms with Gasteiger partial charge in [-0.3, -0.25) is 14.4 Å². The molecule has 0 bridgehead atoms. The number of ether oxygens (including phenoxy) is 1. The number of halogens is 1. The van der Waals surface area contributed by atoms with Crippen LogP contribution in [-0.4, -0.2) is 29.6 Å². The number of rotatable bonds is 11. The fourth-order valence-electron chi connectivity index (χ4n) is 3.86. The highest BCUT2D eigenvalue weighted by Crippen LogP contribution is 2.28. The minimum atomic E-state index is -0.472. The van der Waals surface area contributed by atoms with Gasteiger partial charge in [0.1, 0.15) is 11.4 Å². The van der Waals surface area contributed by atoms with Gasteiger partial charge in [0.2, 0.25) is 5.91 Å². The van der Waals surface area contributed by atoms with Gasteiger partial charge in [-0.1, -0.05) is 58.4 Å². The Balaban J connectivity index is 1.42. The highest BCUT2D eigenvalue weighted by molar-refractivity contribution is 9.10. The molecule has 0 saturated carbocycles. The third kappa shape index (κ3) is 8.83. The summed E-state index contributed by atoms with van der Waals surface area (Å²) in [6.45, 7) is 4.22. The molecule has 1 unspecified atom stereocenters. The van der Waals surface area contributed by atoms with Crippen LogP contribution in [0.15, 0.2) is 118 Å². The van der Waals surface area contributed by atoms with Crippen molar-refractivity contribution in [3.63, 3.8) is 0 Å². The van der Waals surface area contributed by atoms with Crippen molar-refractivity contribution in [3.05, 3.63) is 124 Å². The van der Waals surface area contributed by atoms with Crippen LogP contribution in [-0.2, 0) is 9.59 Å². The van der Waals surface area contributed by atoms with Crippen LogP contribution in [0.2, 0.25) is 0 Å². The first-order valence-corrected chi connectivity index (χ1v) is 14.9. The molecule has 4 aromatic rings. The van der Waals surface area contributed by atoms with E-state index in [2.05, 4.69) is 31.9 Å². The lowest BCUT2D eigenvalue weighted by Crippen LogP contribution is -2.30. The lowest BCUT2D eigenvalue weighted by Gasteiger charge is -2.15. The normalized spacial score (nSPS) is 11.7. The van der Waals surface area contributed by atoms with Crippen LogP contribution in [0.1, 0.15) is 29.8 Å². The molecule has 0 heterocycles. The van der Waals surface area contributed by atoms with E-state index in [1.165, 1.54) is 11.8 Å². The van der Waals surface area contributed by atoms with Gasteiger partial charge in [-0.25, -0.2) is 0 Å². The molecule has 214 valence electrons. The highest BCUT2D eigenvalue weighted by Gasteiger charge is 2.18. The maximum Gasteiger partial charge on any atom is 0.272 e. The summed E-state index contributed by atoms with van der Waals surface area (Å²) in [6.07, 6.45) is 1.62. The first-order valence-electron chi connectivity index (χ1n) is 13.3. The number of nitrogens with one attached hydrogen (secondary N) is 3. The van der Waals surface area contributed by atoms with E-state index in [0.29, 0.717) is 29.3 Å². The van der Waals surface area contributed by atoms with E-state index < -0.39 is 11.8 Å². The fraction of sp³-hybridized carbons (Fsp3) is 0.121. The summed E-state index contributed by atoms with van der Waals surface area (Å²) in [7, 11) is 0. The first-order chi connectivity index (χ1) is 20.3. The van der Waals surface area contributed by atoms with Gasteiger partial charge in [0.05, 0.1) is 17.5 Å². The third-order valence-corrected chi connectivity index (χ3v) is 7.53. The molecular formula is C33H30BrN3O4S. The number of carbonyl (C=O) groups excluding carboxylic acids is 3. The number of carbonyl (C=O) groups is 3. The van der Waals surface area contributed by atoms with E-state index in [-0.39, 0.29) is 16.9 Å². The molecule has 42 heavy (non-hydrogen) atoms. The van der Waals surface area contributed by atoms with Crippen molar-refractivity contribution >= 4 is 62.9 Å². The molecule has 0 fully saturated rings. The lowest BCUT2D eigenvalue weighted by molar-refractivity contribution is -0.115. The largest absolute Gasteiger partial charge is 0.492 e. The summed E-state index contributed by atoms with van der Waals surface area (Å²) in [5.74, 6) is -0.393. The van der Waals surface area contributed by atoms with Crippen molar-refractivity contribution in [1.82, 2.24) is 5.32 Å². The van der Waals surface area contributed by atoms with Crippen LogP contribution < -0.4 is 20.7 Å². The van der Waals surface area contributed by atoms with E-state index in [0.717, 1.165) is 14.9 Å². The fourth-order valence-corrected chi connectivity index (χ4v) is 5.15. The lowest BCUT2D eigenvalue weighted by atomic mass is 10.1. The number of amides is 3. The van der Waals surface area contributed by atoms with Gasteiger partial charge in [0.25, 0.3) is 11.8 Å². The molecule has 4 rings (SSSR count). The Morgan fingerprint density at radius 1 is 0.881 bits per heavy atom. The maximum atomic E-state index is 13.3. The van der Waals surface area contributed by atoms with E-state index in [1.807, 2.05) is 74.5 Å². The van der Waals surface area contributed by atoms with Gasteiger partial charge >= 0.3 is 0 Å². The van der Waals surface area contributed by atoms with E-state index in [1.54, 1.807) is 48.5 Å². The SMILES string of the molecule is CCOc1ccccc1NC(=O)C(C)Sc1ccc(NC(=O)/C(=C/c2cccc(Br)c2)NC(=O)c2ccccc2)cc1. The van der Waals surface area contributed by atoms with Crippen molar-refractivity contribution in [2.45, 2.75) is 24.0 Å². The van der Waals surface area contributed by atoms with E-state index in [4.69, 9.17) is 4.74 Å². The van der Waals surface area contributed by atoms with Crippen molar-refractivity contribution in [1.29, 1.82) is 0 Å². The van der Waals surface area contributed by atoms with Crippen LogP contribution in [0.5, 0.6) is 5.75 Å². The Morgan fingerprint density at radius 2 is 1.60 bits per heavy atom. The highest BCUT2D eigenvalue weighted by atomic mass is 79.9. The molecule has 0 aliphatic heterocycles. The van der Waals surface area contributed by atoms with Gasteiger partial charge < -0.3 is 20.7 Å². The summed E-state index contributed by atoms with van der Waals surface area (Å²) in [4.78, 5) is 39.8. The zero-order valence-electron chi connectivity index (χ0n) is 23.1. The molecule has 0 aliphatic carbocycles. The second-order valence-electron chi connectivity index (χ2n) is 9.09. The molecular weight excluding hydrogens is 614 g/mol. The molecule has 3 amide bonds. The number of para-hydroxylation sites is 2. The Morgan fingerprint density at radius 3 is 2.31 bits per heavy atom. The van der Waals surface area contributed by atoms with Gasteiger partial charge in [-0.15, -0.1) is 11.8 Å². The van der Waals surface area contributed by atoms with Crippen LogP contribution in [0.3, 0.4) is 0 Å². The number of thioether (sulfide) groups is 1. The predicted molar refractivity (Wildman–Crippen MR) is 173 cm³/mol. The number of hydrogen-bond donors (Lipinski definition) is 3. The quantitative estimate of drug-likeness (QED) is 0.117. The second-order valence-corrected chi connectivity index (χ2v) is 11.4. The predicted octanol–water partition coefficient (Wildman–Crippen LogP) is 7.38. The first kappa shape index (κ1) is 30.6. The van der Waals surface area contributed by atoms with Crippen molar-refractivity contribution in [2.24, 2.45) is 0 Å². The summed E-state index contributed by atoms with van der Waals surface area (Å²) in [6, 6.07) is 30.6. The van der Waals surface area contributed by atoms with E-state index >= 15 is 0 Å². The van der Waals surface area contributed by atoms with Gasteiger partial charge in [-0.2, -0.15) is 0 Å². The molecule has 9 heteroatoms. The van der Waals surface area contributed by atoms with Gasteiger partial charge in [0, 0.05) is 20.6 Å². The molecule has 0 aliphatic rings. The van der Waals surface area contributed by atoms with Crippen molar-refractivity contribution in [2.75, 3.05) is 17.2 Å². The zero-order chi connectivity index (χ0) is 29.9. The summed E-state index contributed by atoms with van der Waals surface area (Å²) in [5, 5.41) is 8.14. The topological polar surface area (TPSA) is 96.5 Å². The zero-order valence-corrected chi connectivity index (χ0v) is 25.5. The molecule has 0 aromatic heterocycles. The Bertz CT molecular complexity index is 1580. The summed E-state index contributed by atoms with van der Waals surface area (Å²) in [5.41, 5.74) is 2.44. The second kappa shape index (κ2) is 15.0. The smallest absolute Gasteiger partial charge is 0.272 e. The third-order valence-electron chi connectivity index (χ3n) is 5.93. The Kier molecular flexibility index (Phi) is 11.0. The van der Waals surface area contributed by atoms with Gasteiger partial charge in [0.15, 0.2) is 0 Å². The van der Waals surface area contributed by atoms with Gasteiger partial charge in [-0.05, 0) is 86.2 Å². The van der Waals surface area contributed by atoms with E-state index in [9.17, 15) is 14.4 Å². The van der Waals surface area contributed by atoms with Crippen LogP contribution in [0.25, 0.3) is 6.08 Å². The minimum Gasteiger partial charge on any atom is -0.492 e. The molecule has 7 nitrogen and oxygen atoms in total. The average Bonchev–Trinajstić information content (AvgIpc) is 2.99. The molecule has 0 saturated heterocycles.